The van der Waals surface area contributed by atoms with E-state index in [9.17, 15) is 14.7 Å². The highest BCUT2D eigenvalue weighted by Crippen LogP contribution is 2.24. The molecule has 0 radical (unpaired) electrons. The van der Waals surface area contributed by atoms with Gasteiger partial charge >= 0.3 is 0 Å². The lowest BCUT2D eigenvalue weighted by Crippen LogP contribution is -2.40. The Balaban J connectivity index is 1.49. The third-order valence-corrected chi connectivity index (χ3v) is 4.75. The molecule has 134 valence electrons. The average molecular weight is 354 g/mol. The van der Waals surface area contributed by atoms with Gasteiger partial charge in [0.15, 0.2) is 12.4 Å². The molecule has 3 heterocycles. The first-order valence-corrected chi connectivity index (χ1v) is 8.63. The molecule has 7 nitrogen and oxygen atoms in total. The van der Waals surface area contributed by atoms with E-state index in [1.807, 2.05) is 16.8 Å². The summed E-state index contributed by atoms with van der Waals surface area (Å²) in [6.45, 7) is 0.487. The van der Waals surface area contributed by atoms with Crippen molar-refractivity contribution in [3.63, 3.8) is 0 Å². The quantitative estimate of drug-likeness (QED) is 0.718. The van der Waals surface area contributed by atoms with Gasteiger partial charge in [0, 0.05) is 30.3 Å². The van der Waals surface area contributed by atoms with E-state index in [0.717, 1.165) is 18.4 Å². The van der Waals surface area contributed by atoms with E-state index in [2.05, 4.69) is 10.6 Å². The molecule has 0 bridgehead atoms. The molecular formula is C19H20N3O4+. The fourth-order valence-electron chi connectivity index (χ4n) is 3.36. The third-order valence-electron chi connectivity index (χ3n) is 4.75. The van der Waals surface area contributed by atoms with Crippen molar-refractivity contribution < 1.29 is 24.0 Å². The minimum absolute atomic E-state index is 0.00687. The molecule has 0 aliphatic carbocycles. The number of fused-ring (bicyclic) bond motifs is 1. The van der Waals surface area contributed by atoms with Crippen molar-refractivity contribution in [2.45, 2.75) is 31.7 Å². The van der Waals surface area contributed by atoms with Gasteiger partial charge < -0.3 is 20.5 Å². The number of hydrogen-bond donors (Lipinski definition) is 3. The van der Waals surface area contributed by atoms with Crippen LogP contribution in [0.1, 0.15) is 45.3 Å². The maximum atomic E-state index is 12.6. The molecule has 7 heteroatoms. The van der Waals surface area contributed by atoms with Crippen LogP contribution in [-0.4, -0.2) is 29.6 Å². The Morgan fingerprint density at radius 1 is 1.35 bits per heavy atom. The topological polar surface area (TPSA) is 91.5 Å². The van der Waals surface area contributed by atoms with E-state index < -0.39 is 0 Å². The predicted octanol–water partition coefficient (Wildman–Crippen LogP) is 1.14. The summed E-state index contributed by atoms with van der Waals surface area (Å²) < 4.78 is 7.61. The number of aliphatic hydroxyl groups excluding tert-OH is 1. The van der Waals surface area contributed by atoms with Crippen molar-refractivity contribution in [1.29, 1.82) is 0 Å². The van der Waals surface area contributed by atoms with Crippen LogP contribution in [0, 0.1) is 0 Å². The first kappa shape index (κ1) is 16.7. The molecule has 2 aliphatic rings. The Morgan fingerprint density at radius 3 is 3.04 bits per heavy atom. The molecule has 4 rings (SSSR count). The molecule has 0 spiro atoms. The van der Waals surface area contributed by atoms with Crippen LogP contribution in [0.2, 0.25) is 0 Å². The maximum Gasteiger partial charge on any atom is 0.262 e. The summed E-state index contributed by atoms with van der Waals surface area (Å²) >= 11 is 0. The summed E-state index contributed by atoms with van der Waals surface area (Å²) in [5, 5.41) is 14.8. The first-order valence-electron chi connectivity index (χ1n) is 8.63. The Hall–Kier alpha value is -2.77. The zero-order valence-electron chi connectivity index (χ0n) is 14.1. The van der Waals surface area contributed by atoms with Crippen LogP contribution in [0.5, 0.6) is 0 Å². The van der Waals surface area contributed by atoms with Gasteiger partial charge in [-0.05, 0) is 36.2 Å². The summed E-state index contributed by atoms with van der Waals surface area (Å²) in [5.41, 5.74) is 2.69. The van der Waals surface area contributed by atoms with Crippen LogP contribution in [0.3, 0.4) is 0 Å². The van der Waals surface area contributed by atoms with E-state index in [-0.39, 0.29) is 30.8 Å². The van der Waals surface area contributed by atoms with Gasteiger partial charge in [0.1, 0.15) is 5.56 Å². The Bertz CT molecular complexity index is 868. The largest absolute Gasteiger partial charge is 0.394 e. The average Bonchev–Trinajstić information content (AvgIpc) is 3.29. The summed E-state index contributed by atoms with van der Waals surface area (Å²) in [4.78, 5) is 24.2. The van der Waals surface area contributed by atoms with E-state index in [4.69, 9.17) is 4.74 Å². The van der Waals surface area contributed by atoms with E-state index in [1.165, 1.54) is 0 Å². The number of rotatable bonds is 4. The van der Waals surface area contributed by atoms with Gasteiger partial charge in [-0.25, -0.2) is 0 Å². The van der Waals surface area contributed by atoms with Gasteiger partial charge in [-0.2, -0.15) is 4.57 Å². The van der Waals surface area contributed by atoms with E-state index in [0.29, 0.717) is 23.4 Å². The Kier molecular flexibility index (Phi) is 4.40. The van der Waals surface area contributed by atoms with E-state index in [1.54, 1.807) is 30.5 Å². The lowest BCUT2D eigenvalue weighted by molar-refractivity contribution is -0.759. The lowest BCUT2D eigenvalue weighted by atomic mass is 10.1. The number of nitrogens with one attached hydrogen (secondary N) is 2. The molecule has 1 saturated heterocycles. The molecule has 2 atom stereocenters. The van der Waals surface area contributed by atoms with Gasteiger partial charge in [-0.1, -0.05) is 0 Å². The number of anilines is 1. The molecule has 2 aromatic rings. The van der Waals surface area contributed by atoms with Gasteiger partial charge in [0.05, 0.1) is 12.7 Å². The molecule has 3 N–H and O–H groups in total. The lowest BCUT2D eigenvalue weighted by Gasteiger charge is -2.09. The SMILES string of the molecule is O=C(Nc1ccc2c(c1)CNC2=O)c1ccc[n+]([C@H]2CC[C@@H](CO)O2)c1. The predicted molar refractivity (Wildman–Crippen MR) is 92.4 cm³/mol. The fraction of sp³-hybridized carbons (Fsp3) is 0.316. The normalized spacial score (nSPS) is 21.3. The van der Waals surface area contributed by atoms with Crippen LogP contribution in [-0.2, 0) is 11.3 Å². The molecule has 1 aromatic heterocycles. The summed E-state index contributed by atoms with van der Waals surface area (Å²) in [7, 11) is 0. The molecule has 2 amide bonds. The first-order chi connectivity index (χ1) is 12.6. The second-order valence-electron chi connectivity index (χ2n) is 6.52. The molecule has 0 saturated carbocycles. The van der Waals surface area contributed by atoms with Crippen LogP contribution in [0.15, 0.2) is 42.7 Å². The zero-order valence-corrected chi connectivity index (χ0v) is 14.1. The second-order valence-corrected chi connectivity index (χ2v) is 6.52. The van der Waals surface area contributed by atoms with Crippen molar-refractivity contribution in [2.75, 3.05) is 11.9 Å². The third kappa shape index (κ3) is 3.18. The van der Waals surface area contributed by atoms with Crippen molar-refractivity contribution in [3.05, 3.63) is 59.4 Å². The number of aliphatic hydroxyl groups is 1. The number of pyridine rings is 1. The highest BCUT2D eigenvalue weighted by Gasteiger charge is 2.31. The summed E-state index contributed by atoms with van der Waals surface area (Å²) in [5.74, 6) is -0.312. The number of carbonyl (C=O) groups excluding carboxylic acids is 2. The number of hydrogen-bond acceptors (Lipinski definition) is 4. The van der Waals surface area contributed by atoms with Crippen molar-refractivity contribution >= 4 is 17.5 Å². The van der Waals surface area contributed by atoms with Gasteiger partial charge in [-0.3, -0.25) is 9.59 Å². The van der Waals surface area contributed by atoms with Crippen LogP contribution in [0.4, 0.5) is 5.69 Å². The van der Waals surface area contributed by atoms with Crippen LogP contribution >= 0.6 is 0 Å². The number of benzene rings is 1. The molecule has 1 fully saturated rings. The number of ether oxygens (including phenoxy) is 1. The van der Waals surface area contributed by atoms with Crippen LogP contribution < -0.4 is 15.2 Å². The van der Waals surface area contributed by atoms with Crippen molar-refractivity contribution in [3.8, 4) is 0 Å². The second kappa shape index (κ2) is 6.86. The molecule has 0 unspecified atom stereocenters. The zero-order chi connectivity index (χ0) is 18.1. The standard InChI is InChI=1S/C19H19N3O4/c23-11-15-4-6-17(26-15)22-7-1-2-12(10-22)18(24)21-14-3-5-16-13(8-14)9-20-19(16)25/h1-3,5,7-8,10,15,17,23H,4,6,9,11H2,(H-,20,21,24,25)/p+1/t15-,17+/m0/s1. The van der Waals surface area contributed by atoms with Crippen LogP contribution in [0.25, 0.3) is 0 Å². The minimum Gasteiger partial charge on any atom is -0.394 e. The molecular weight excluding hydrogens is 334 g/mol. The highest BCUT2D eigenvalue weighted by molar-refractivity contribution is 6.04. The monoisotopic (exact) mass is 354 g/mol. The highest BCUT2D eigenvalue weighted by atomic mass is 16.5. The van der Waals surface area contributed by atoms with E-state index >= 15 is 0 Å². The van der Waals surface area contributed by atoms with Gasteiger partial charge in [0.25, 0.3) is 18.0 Å². The van der Waals surface area contributed by atoms with Gasteiger partial charge in [0.2, 0.25) is 0 Å². The van der Waals surface area contributed by atoms with Gasteiger partial charge in [-0.15, -0.1) is 0 Å². The molecule has 2 aliphatic heterocycles. The summed E-state index contributed by atoms with van der Waals surface area (Å²) in [6.07, 6.45) is 4.88. The smallest absolute Gasteiger partial charge is 0.262 e. The maximum absolute atomic E-state index is 12.6. The Labute approximate surface area is 150 Å². The molecule has 26 heavy (non-hydrogen) atoms. The minimum atomic E-state index is -0.228. The van der Waals surface area contributed by atoms with Crippen molar-refractivity contribution in [1.82, 2.24) is 5.32 Å². The number of carbonyl (C=O) groups is 2. The number of aromatic nitrogens is 1. The number of nitrogens with zero attached hydrogens (tertiary/aromatic N) is 1. The fourth-order valence-corrected chi connectivity index (χ4v) is 3.36. The number of amides is 2. The Morgan fingerprint density at radius 2 is 2.23 bits per heavy atom. The summed E-state index contributed by atoms with van der Waals surface area (Å²) in [6, 6.07) is 8.80. The molecule has 1 aromatic carbocycles. The van der Waals surface area contributed by atoms with Crippen molar-refractivity contribution in [2.24, 2.45) is 0 Å².